The average molecular weight is 422 g/mol. The quantitative estimate of drug-likeness (QED) is 0.634. The molecule has 146 valence electrons. The predicted octanol–water partition coefficient (Wildman–Crippen LogP) is 3.39. The van der Waals surface area contributed by atoms with Crippen molar-refractivity contribution in [3.8, 4) is 0 Å². The summed E-state index contributed by atoms with van der Waals surface area (Å²) >= 11 is 12.2. The van der Waals surface area contributed by atoms with Gasteiger partial charge in [-0.1, -0.05) is 29.3 Å². The highest BCUT2D eigenvalue weighted by Gasteiger charge is 2.16. The van der Waals surface area contributed by atoms with Crippen molar-refractivity contribution in [2.24, 2.45) is 0 Å². The summed E-state index contributed by atoms with van der Waals surface area (Å²) in [6.45, 7) is 3.95. The Hall–Kier alpha value is -2.84. The van der Waals surface area contributed by atoms with Crippen molar-refractivity contribution in [1.82, 2.24) is 19.6 Å². The van der Waals surface area contributed by atoms with Crippen LogP contribution >= 0.6 is 23.2 Å². The summed E-state index contributed by atoms with van der Waals surface area (Å²) in [6, 6.07) is 5.26. The van der Waals surface area contributed by atoms with E-state index in [1.165, 1.54) is 17.1 Å². The van der Waals surface area contributed by atoms with Gasteiger partial charge in [0, 0.05) is 16.2 Å². The first-order chi connectivity index (χ1) is 13.2. The van der Waals surface area contributed by atoms with Crippen LogP contribution < -0.4 is 5.32 Å². The number of amides is 1. The van der Waals surface area contributed by atoms with E-state index in [-0.39, 0.29) is 18.0 Å². The number of hydrogen-bond acceptors (Lipinski definition) is 4. The second kappa shape index (κ2) is 8.04. The summed E-state index contributed by atoms with van der Waals surface area (Å²) in [4.78, 5) is 23.2. The number of rotatable bonds is 6. The second-order valence-corrected chi connectivity index (χ2v) is 7.06. The summed E-state index contributed by atoms with van der Waals surface area (Å²) in [6.07, 6.45) is 2.49. The summed E-state index contributed by atoms with van der Waals surface area (Å²) < 4.78 is 3.01. The number of aryl methyl sites for hydroxylation is 1. The van der Waals surface area contributed by atoms with Crippen LogP contribution in [0.4, 0.5) is 5.69 Å². The van der Waals surface area contributed by atoms with Crippen molar-refractivity contribution in [3.05, 3.63) is 63.2 Å². The van der Waals surface area contributed by atoms with E-state index in [0.717, 1.165) is 11.3 Å². The van der Waals surface area contributed by atoms with Gasteiger partial charge < -0.3 is 10.4 Å². The minimum absolute atomic E-state index is 0.0211. The maximum absolute atomic E-state index is 12.3. The first kappa shape index (κ1) is 19.9. The number of benzene rings is 1. The van der Waals surface area contributed by atoms with Crippen molar-refractivity contribution >= 4 is 40.8 Å². The molecule has 0 aliphatic heterocycles. The molecule has 1 amide bonds. The zero-order valence-electron chi connectivity index (χ0n) is 15.1. The van der Waals surface area contributed by atoms with Crippen molar-refractivity contribution < 1.29 is 14.7 Å². The molecule has 28 heavy (non-hydrogen) atoms. The third-order valence-electron chi connectivity index (χ3n) is 4.17. The van der Waals surface area contributed by atoms with E-state index in [9.17, 15) is 9.59 Å². The molecule has 8 nitrogen and oxygen atoms in total. The molecule has 0 bridgehead atoms. The van der Waals surface area contributed by atoms with Crippen LogP contribution in [-0.4, -0.2) is 36.5 Å². The molecule has 2 aromatic heterocycles. The van der Waals surface area contributed by atoms with E-state index in [2.05, 4.69) is 15.5 Å². The highest BCUT2D eigenvalue weighted by atomic mass is 35.5. The molecular formula is C18H17Cl2N5O3. The minimum atomic E-state index is -1.10. The lowest BCUT2D eigenvalue weighted by molar-refractivity contribution is -0.116. The Labute approximate surface area is 170 Å². The molecule has 0 aliphatic rings. The zero-order valence-corrected chi connectivity index (χ0v) is 16.6. The predicted molar refractivity (Wildman–Crippen MR) is 105 cm³/mol. The van der Waals surface area contributed by atoms with Gasteiger partial charge in [-0.15, -0.1) is 0 Å². The fourth-order valence-corrected chi connectivity index (χ4v) is 3.20. The normalized spacial score (nSPS) is 10.9. The Morgan fingerprint density at radius 3 is 2.64 bits per heavy atom. The number of nitrogens with zero attached hydrogens (tertiary/aromatic N) is 4. The Kier molecular flexibility index (Phi) is 5.71. The molecule has 0 spiro atoms. The molecule has 2 heterocycles. The highest BCUT2D eigenvalue weighted by molar-refractivity contribution is 6.35. The van der Waals surface area contributed by atoms with Crippen molar-refractivity contribution in [1.29, 1.82) is 0 Å². The number of anilines is 1. The number of hydrogen-bond donors (Lipinski definition) is 2. The Balaban J connectivity index is 1.73. The van der Waals surface area contributed by atoms with Gasteiger partial charge in [-0.25, -0.2) is 4.79 Å². The fourth-order valence-electron chi connectivity index (χ4n) is 2.73. The number of carbonyl (C=O) groups excluding carboxylic acids is 1. The van der Waals surface area contributed by atoms with Crippen LogP contribution in [0.2, 0.25) is 10.0 Å². The van der Waals surface area contributed by atoms with Crippen LogP contribution in [0.1, 0.15) is 27.3 Å². The monoisotopic (exact) mass is 421 g/mol. The van der Waals surface area contributed by atoms with E-state index in [4.69, 9.17) is 28.3 Å². The molecule has 0 fully saturated rings. The lowest BCUT2D eigenvalue weighted by atomic mass is 10.2. The van der Waals surface area contributed by atoms with Gasteiger partial charge in [0.2, 0.25) is 5.91 Å². The van der Waals surface area contributed by atoms with Gasteiger partial charge in [0.25, 0.3) is 0 Å². The molecule has 0 saturated carbocycles. The molecule has 0 saturated heterocycles. The maximum Gasteiger partial charge on any atom is 0.338 e. The van der Waals surface area contributed by atoms with E-state index >= 15 is 0 Å². The summed E-state index contributed by atoms with van der Waals surface area (Å²) in [5.74, 6) is -1.43. The van der Waals surface area contributed by atoms with Crippen LogP contribution in [-0.2, 0) is 17.9 Å². The lowest BCUT2D eigenvalue weighted by Crippen LogP contribution is -2.20. The van der Waals surface area contributed by atoms with E-state index in [0.29, 0.717) is 28.0 Å². The molecule has 3 aromatic rings. The number of halogens is 2. The number of aromatic carboxylic acids is 1. The summed E-state index contributed by atoms with van der Waals surface area (Å²) in [5, 5.41) is 21.2. The van der Waals surface area contributed by atoms with Crippen molar-refractivity contribution in [3.63, 3.8) is 0 Å². The van der Waals surface area contributed by atoms with Crippen LogP contribution in [0, 0.1) is 13.8 Å². The van der Waals surface area contributed by atoms with Crippen molar-refractivity contribution in [2.75, 3.05) is 5.32 Å². The Bertz CT molecular complexity index is 1060. The van der Waals surface area contributed by atoms with Gasteiger partial charge in [-0.2, -0.15) is 10.2 Å². The van der Waals surface area contributed by atoms with E-state index < -0.39 is 5.97 Å². The lowest BCUT2D eigenvalue weighted by Gasteiger charge is -2.09. The van der Waals surface area contributed by atoms with Gasteiger partial charge >= 0.3 is 5.97 Å². The number of aromatic nitrogens is 4. The van der Waals surface area contributed by atoms with Gasteiger partial charge in [0.05, 0.1) is 35.4 Å². The molecule has 0 atom stereocenters. The van der Waals surface area contributed by atoms with Crippen LogP contribution in [0.25, 0.3) is 0 Å². The van der Waals surface area contributed by atoms with E-state index in [1.807, 2.05) is 13.0 Å². The van der Waals surface area contributed by atoms with Crippen molar-refractivity contribution in [2.45, 2.75) is 26.9 Å². The van der Waals surface area contributed by atoms with Crippen LogP contribution in [0.5, 0.6) is 0 Å². The molecule has 2 N–H and O–H groups in total. The van der Waals surface area contributed by atoms with Gasteiger partial charge in [-0.3, -0.25) is 14.2 Å². The number of carbonyl (C=O) groups is 2. The van der Waals surface area contributed by atoms with Gasteiger partial charge in [-0.05, 0) is 31.5 Å². The standard InChI is InChI=1S/C18H17Cl2N5O3/c1-10-17(22-16(26)9-24-7-13(6-21-24)18(27)28)11(2)25(23-10)8-12-3-4-14(19)5-15(12)20/h3-7H,8-9H2,1-2H3,(H,22,26)(H,27,28). The third kappa shape index (κ3) is 4.35. The molecular weight excluding hydrogens is 405 g/mol. The largest absolute Gasteiger partial charge is 0.478 e. The summed E-state index contributed by atoms with van der Waals surface area (Å²) in [5.41, 5.74) is 2.90. The van der Waals surface area contributed by atoms with Crippen LogP contribution in [0.15, 0.2) is 30.6 Å². The number of carboxylic acid groups (broad SMARTS) is 1. The average Bonchev–Trinajstić information content (AvgIpc) is 3.18. The SMILES string of the molecule is Cc1nn(Cc2ccc(Cl)cc2Cl)c(C)c1NC(=O)Cn1cc(C(=O)O)cn1. The second-order valence-electron chi connectivity index (χ2n) is 6.22. The maximum atomic E-state index is 12.3. The first-order valence-electron chi connectivity index (χ1n) is 8.28. The Morgan fingerprint density at radius 2 is 2.00 bits per heavy atom. The summed E-state index contributed by atoms with van der Waals surface area (Å²) in [7, 11) is 0. The molecule has 10 heteroatoms. The first-order valence-corrected chi connectivity index (χ1v) is 9.03. The van der Waals surface area contributed by atoms with Crippen LogP contribution in [0.3, 0.4) is 0 Å². The number of nitrogens with one attached hydrogen (secondary N) is 1. The fraction of sp³-hybridized carbons (Fsp3) is 0.222. The topological polar surface area (TPSA) is 102 Å². The molecule has 0 radical (unpaired) electrons. The van der Waals surface area contributed by atoms with Gasteiger partial charge in [0.1, 0.15) is 6.54 Å². The van der Waals surface area contributed by atoms with E-state index in [1.54, 1.807) is 23.7 Å². The zero-order chi connectivity index (χ0) is 20.4. The van der Waals surface area contributed by atoms with Gasteiger partial charge in [0.15, 0.2) is 0 Å². The molecule has 3 rings (SSSR count). The molecule has 1 aromatic carbocycles. The Morgan fingerprint density at radius 1 is 1.25 bits per heavy atom. The highest BCUT2D eigenvalue weighted by Crippen LogP contribution is 2.25. The smallest absolute Gasteiger partial charge is 0.338 e. The molecule has 0 unspecified atom stereocenters. The minimum Gasteiger partial charge on any atom is -0.478 e. The third-order valence-corrected chi connectivity index (χ3v) is 4.75. The molecule has 0 aliphatic carbocycles. The number of carboxylic acids is 1.